The van der Waals surface area contributed by atoms with E-state index in [9.17, 15) is 0 Å². The number of nitrogens with zero attached hydrogens (tertiary/aromatic N) is 2. The average Bonchev–Trinajstić information content (AvgIpc) is 2.46. The molecule has 0 atom stereocenters. The third-order valence-electron chi connectivity index (χ3n) is 3.15. The predicted octanol–water partition coefficient (Wildman–Crippen LogP) is 3.98. The summed E-state index contributed by atoms with van der Waals surface area (Å²) in [5.74, 6) is 1.37. The smallest absolute Gasteiger partial charge is 0.194 e. The van der Waals surface area contributed by atoms with E-state index in [4.69, 9.17) is 4.74 Å². The van der Waals surface area contributed by atoms with Crippen LogP contribution in [0.2, 0.25) is 0 Å². The zero-order chi connectivity index (χ0) is 15.5. The SMILES string of the molecule is CNc1ncnc(Sc2ccc(C(C)(C)C)cc2)c1OC. The molecule has 2 aromatic rings. The third-order valence-corrected chi connectivity index (χ3v) is 4.14. The van der Waals surface area contributed by atoms with Crippen LogP contribution in [-0.2, 0) is 5.41 Å². The second-order valence-electron chi connectivity index (χ2n) is 5.69. The maximum Gasteiger partial charge on any atom is 0.194 e. The van der Waals surface area contributed by atoms with Crippen molar-refractivity contribution in [3.63, 3.8) is 0 Å². The van der Waals surface area contributed by atoms with Gasteiger partial charge in [0.1, 0.15) is 11.4 Å². The molecule has 0 saturated carbocycles. The quantitative estimate of drug-likeness (QED) is 0.866. The predicted molar refractivity (Wildman–Crippen MR) is 87.4 cm³/mol. The number of benzene rings is 1. The van der Waals surface area contributed by atoms with Crippen LogP contribution in [0.4, 0.5) is 5.82 Å². The van der Waals surface area contributed by atoms with Crippen LogP contribution in [0.25, 0.3) is 0 Å². The molecule has 0 aliphatic carbocycles. The number of ether oxygens (including phenoxy) is 1. The Morgan fingerprint density at radius 2 is 1.76 bits per heavy atom. The first-order chi connectivity index (χ1) is 9.95. The zero-order valence-electron chi connectivity index (χ0n) is 13.1. The monoisotopic (exact) mass is 303 g/mol. The minimum Gasteiger partial charge on any atom is -0.490 e. The van der Waals surface area contributed by atoms with E-state index in [2.05, 4.69) is 60.3 Å². The summed E-state index contributed by atoms with van der Waals surface area (Å²) in [6.07, 6.45) is 1.54. The minimum atomic E-state index is 0.162. The summed E-state index contributed by atoms with van der Waals surface area (Å²) in [4.78, 5) is 9.59. The largest absolute Gasteiger partial charge is 0.490 e. The molecule has 112 valence electrons. The second-order valence-corrected chi connectivity index (χ2v) is 6.75. The maximum absolute atomic E-state index is 5.41. The molecule has 0 aliphatic rings. The highest BCUT2D eigenvalue weighted by atomic mass is 32.2. The molecule has 0 aliphatic heterocycles. The highest BCUT2D eigenvalue weighted by molar-refractivity contribution is 7.99. The fraction of sp³-hybridized carbons (Fsp3) is 0.375. The molecule has 0 unspecified atom stereocenters. The molecular weight excluding hydrogens is 282 g/mol. The fourth-order valence-corrected chi connectivity index (χ4v) is 2.79. The van der Waals surface area contributed by atoms with Gasteiger partial charge in [0.15, 0.2) is 11.6 Å². The molecule has 0 radical (unpaired) electrons. The standard InChI is InChI=1S/C16H21N3OS/c1-16(2,3)11-6-8-12(9-7-11)21-15-13(20-5)14(17-4)18-10-19-15/h6-10H,1-5H3,(H,17,18,19). The van der Waals surface area contributed by atoms with E-state index in [1.807, 2.05) is 7.05 Å². The lowest BCUT2D eigenvalue weighted by molar-refractivity contribution is 0.400. The second kappa shape index (κ2) is 6.35. The molecule has 0 fully saturated rings. The fourth-order valence-electron chi connectivity index (χ4n) is 1.93. The third kappa shape index (κ3) is 3.67. The summed E-state index contributed by atoms with van der Waals surface area (Å²) in [6, 6.07) is 8.56. The van der Waals surface area contributed by atoms with Gasteiger partial charge in [0, 0.05) is 11.9 Å². The van der Waals surface area contributed by atoms with Crippen LogP contribution in [0, 0.1) is 0 Å². The zero-order valence-corrected chi connectivity index (χ0v) is 13.9. The van der Waals surface area contributed by atoms with E-state index >= 15 is 0 Å². The summed E-state index contributed by atoms with van der Waals surface area (Å²) >= 11 is 1.57. The first-order valence-electron chi connectivity index (χ1n) is 6.81. The summed E-state index contributed by atoms with van der Waals surface area (Å²) in [5, 5.41) is 3.82. The van der Waals surface area contributed by atoms with E-state index in [0.717, 1.165) is 9.92 Å². The minimum absolute atomic E-state index is 0.162. The van der Waals surface area contributed by atoms with Gasteiger partial charge in [-0.1, -0.05) is 44.7 Å². The number of hydrogen-bond donors (Lipinski definition) is 1. The van der Waals surface area contributed by atoms with Crippen LogP contribution in [0.1, 0.15) is 26.3 Å². The van der Waals surface area contributed by atoms with E-state index < -0.39 is 0 Å². The van der Waals surface area contributed by atoms with Crippen molar-refractivity contribution in [2.24, 2.45) is 0 Å². The molecule has 1 heterocycles. The van der Waals surface area contributed by atoms with Crippen LogP contribution in [0.15, 0.2) is 40.5 Å². The van der Waals surface area contributed by atoms with Crippen LogP contribution in [0.3, 0.4) is 0 Å². The Balaban J connectivity index is 2.26. The molecule has 1 aromatic heterocycles. The van der Waals surface area contributed by atoms with Gasteiger partial charge >= 0.3 is 0 Å². The van der Waals surface area contributed by atoms with Gasteiger partial charge in [-0.3, -0.25) is 0 Å². The van der Waals surface area contributed by atoms with Gasteiger partial charge in [0.25, 0.3) is 0 Å². The number of nitrogens with one attached hydrogen (secondary N) is 1. The Morgan fingerprint density at radius 3 is 2.29 bits per heavy atom. The maximum atomic E-state index is 5.41. The molecule has 21 heavy (non-hydrogen) atoms. The summed E-state index contributed by atoms with van der Waals surface area (Å²) in [6.45, 7) is 6.63. The van der Waals surface area contributed by atoms with Crippen molar-refractivity contribution in [1.29, 1.82) is 0 Å². The lowest BCUT2D eigenvalue weighted by atomic mass is 9.87. The molecule has 0 spiro atoms. The topological polar surface area (TPSA) is 47.0 Å². The summed E-state index contributed by atoms with van der Waals surface area (Å²) in [5.41, 5.74) is 1.48. The Hall–Kier alpha value is -1.75. The van der Waals surface area contributed by atoms with Gasteiger partial charge < -0.3 is 10.1 Å². The lowest BCUT2D eigenvalue weighted by Gasteiger charge is -2.19. The normalized spacial score (nSPS) is 11.3. The average molecular weight is 303 g/mol. The van der Waals surface area contributed by atoms with Gasteiger partial charge in [0.05, 0.1) is 7.11 Å². The van der Waals surface area contributed by atoms with E-state index in [1.54, 1.807) is 25.2 Å². The Kier molecular flexibility index (Phi) is 4.73. The molecule has 1 N–H and O–H groups in total. The van der Waals surface area contributed by atoms with Gasteiger partial charge in [-0.05, 0) is 23.1 Å². The Labute approximate surface area is 130 Å². The number of anilines is 1. The number of hydrogen-bond acceptors (Lipinski definition) is 5. The Morgan fingerprint density at radius 1 is 1.10 bits per heavy atom. The molecule has 0 saturated heterocycles. The van der Waals surface area contributed by atoms with Gasteiger partial charge in [-0.2, -0.15) is 0 Å². The molecule has 5 heteroatoms. The van der Waals surface area contributed by atoms with Crippen LogP contribution >= 0.6 is 11.8 Å². The van der Waals surface area contributed by atoms with Crippen molar-refractivity contribution >= 4 is 17.6 Å². The van der Waals surface area contributed by atoms with Crippen molar-refractivity contribution in [3.05, 3.63) is 36.2 Å². The van der Waals surface area contributed by atoms with Crippen molar-refractivity contribution in [3.8, 4) is 5.75 Å². The molecular formula is C16H21N3OS. The first kappa shape index (κ1) is 15.6. The lowest BCUT2D eigenvalue weighted by Crippen LogP contribution is -2.10. The van der Waals surface area contributed by atoms with Crippen molar-refractivity contribution < 1.29 is 4.74 Å². The van der Waals surface area contributed by atoms with E-state index in [0.29, 0.717) is 11.6 Å². The summed E-state index contributed by atoms with van der Waals surface area (Å²) in [7, 11) is 3.45. The summed E-state index contributed by atoms with van der Waals surface area (Å²) < 4.78 is 5.41. The highest BCUT2D eigenvalue weighted by Gasteiger charge is 2.15. The van der Waals surface area contributed by atoms with E-state index in [-0.39, 0.29) is 5.41 Å². The molecule has 1 aromatic carbocycles. The van der Waals surface area contributed by atoms with Gasteiger partial charge in [-0.15, -0.1) is 0 Å². The van der Waals surface area contributed by atoms with Crippen LogP contribution in [0.5, 0.6) is 5.75 Å². The van der Waals surface area contributed by atoms with Gasteiger partial charge in [0.2, 0.25) is 0 Å². The molecule has 0 bridgehead atoms. The highest BCUT2D eigenvalue weighted by Crippen LogP contribution is 2.37. The number of rotatable bonds is 4. The van der Waals surface area contributed by atoms with Crippen molar-refractivity contribution in [2.75, 3.05) is 19.5 Å². The van der Waals surface area contributed by atoms with Crippen LogP contribution < -0.4 is 10.1 Å². The van der Waals surface area contributed by atoms with E-state index in [1.165, 1.54) is 5.56 Å². The van der Waals surface area contributed by atoms with Crippen LogP contribution in [-0.4, -0.2) is 24.1 Å². The first-order valence-corrected chi connectivity index (χ1v) is 7.62. The van der Waals surface area contributed by atoms with Crippen molar-refractivity contribution in [2.45, 2.75) is 36.1 Å². The van der Waals surface area contributed by atoms with Gasteiger partial charge in [-0.25, -0.2) is 9.97 Å². The Bertz CT molecular complexity index is 606. The number of aromatic nitrogens is 2. The molecule has 4 nitrogen and oxygen atoms in total. The molecule has 0 amide bonds. The number of methoxy groups -OCH3 is 1. The molecule has 2 rings (SSSR count). The van der Waals surface area contributed by atoms with Crippen molar-refractivity contribution in [1.82, 2.24) is 9.97 Å².